The van der Waals surface area contributed by atoms with Crippen LogP contribution in [0.15, 0.2) is 25.4 Å². The summed E-state index contributed by atoms with van der Waals surface area (Å²) in [5, 5.41) is 8.28. The van der Waals surface area contributed by atoms with Gasteiger partial charge in [0.15, 0.2) is 0 Å². The average Bonchev–Trinajstić information content (AvgIpc) is 1.98. The van der Waals surface area contributed by atoms with Crippen molar-refractivity contribution in [3.63, 3.8) is 0 Å². The van der Waals surface area contributed by atoms with Crippen molar-refractivity contribution in [1.82, 2.24) is 4.90 Å². The molecule has 0 radical (unpaired) electrons. The smallest absolute Gasteiger partial charge is 0.323 e. The summed E-state index contributed by atoms with van der Waals surface area (Å²) >= 11 is 0. The first kappa shape index (κ1) is 9.42. The molecule has 0 aromatic rings. The Balaban J connectivity index is 4.16. The van der Waals surface area contributed by atoms with Crippen molar-refractivity contribution in [3.8, 4) is 0 Å². The topological polar surface area (TPSA) is 57.6 Å². The minimum Gasteiger partial charge on any atom is -0.480 e. The molecule has 60 valence electrons. The molecule has 0 atom stereocenters. The molecule has 4 heteroatoms. The molecule has 11 heavy (non-hydrogen) atoms. The van der Waals surface area contributed by atoms with Crippen LogP contribution >= 0.6 is 0 Å². The molecule has 0 spiro atoms. The Kier molecular flexibility index (Phi) is 3.66. The minimum atomic E-state index is -1.08. The van der Waals surface area contributed by atoms with E-state index in [0.717, 1.165) is 17.2 Å². The van der Waals surface area contributed by atoms with Crippen LogP contribution in [-0.2, 0) is 9.59 Å². The van der Waals surface area contributed by atoms with Crippen LogP contribution in [0.4, 0.5) is 0 Å². The number of carbonyl (C=O) groups is 2. The van der Waals surface area contributed by atoms with Gasteiger partial charge in [0.1, 0.15) is 6.54 Å². The summed E-state index contributed by atoms with van der Waals surface area (Å²) in [6, 6.07) is 0. The van der Waals surface area contributed by atoms with Crippen molar-refractivity contribution in [2.45, 2.75) is 0 Å². The van der Waals surface area contributed by atoms with E-state index in [1.165, 1.54) is 0 Å². The van der Waals surface area contributed by atoms with Gasteiger partial charge in [0, 0.05) is 6.20 Å². The Labute approximate surface area is 64.4 Å². The standard InChI is InChI=1S/C7H9NO3/c1-3-6(9)8(4-2)5-7(10)11/h3-4H,1-2,5H2,(H,10,11). The summed E-state index contributed by atoms with van der Waals surface area (Å²) in [6.07, 6.45) is 2.18. The molecule has 0 unspecified atom stereocenters. The fraction of sp³-hybridized carbons (Fsp3) is 0.143. The summed E-state index contributed by atoms with van der Waals surface area (Å²) < 4.78 is 0. The normalized spacial score (nSPS) is 8.36. The number of carboxylic acids is 1. The molecule has 0 heterocycles. The third kappa shape index (κ3) is 3.20. The van der Waals surface area contributed by atoms with Gasteiger partial charge < -0.3 is 10.0 Å². The van der Waals surface area contributed by atoms with Crippen molar-refractivity contribution in [1.29, 1.82) is 0 Å². The highest BCUT2D eigenvalue weighted by Crippen LogP contribution is 1.90. The molecule has 4 nitrogen and oxygen atoms in total. The SMILES string of the molecule is C=CC(=O)N(C=C)CC(=O)O. The van der Waals surface area contributed by atoms with Crippen molar-refractivity contribution >= 4 is 11.9 Å². The number of hydrogen-bond acceptors (Lipinski definition) is 2. The molecular formula is C7H9NO3. The van der Waals surface area contributed by atoms with E-state index in [1.807, 2.05) is 0 Å². The Bertz CT molecular complexity index is 198. The van der Waals surface area contributed by atoms with E-state index in [4.69, 9.17) is 5.11 Å². The van der Waals surface area contributed by atoms with Crippen molar-refractivity contribution in [3.05, 3.63) is 25.4 Å². The highest BCUT2D eigenvalue weighted by atomic mass is 16.4. The molecule has 0 aliphatic carbocycles. The summed E-state index contributed by atoms with van der Waals surface area (Å²) in [4.78, 5) is 21.8. The molecule has 0 aromatic carbocycles. The van der Waals surface area contributed by atoms with Crippen LogP contribution < -0.4 is 0 Å². The zero-order valence-corrected chi connectivity index (χ0v) is 5.99. The maximum absolute atomic E-state index is 10.8. The van der Waals surface area contributed by atoms with Gasteiger partial charge in [-0.1, -0.05) is 13.2 Å². The molecule has 0 aromatic heterocycles. The second-order valence-electron chi connectivity index (χ2n) is 1.75. The molecule has 1 amide bonds. The first-order chi connectivity index (χ1) is 5.11. The maximum atomic E-state index is 10.8. The van der Waals surface area contributed by atoms with Gasteiger partial charge in [-0.25, -0.2) is 0 Å². The van der Waals surface area contributed by atoms with Crippen LogP contribution in [0.2, 0.25) is 0 Å². The van der Waals surface area contributed by atoms with E-state index in [2.05, 4.69) is 13.2 Å². The number of nitrogens with zero attached hydrogens (tertiary/aromatic N) is 1. The van der Waals surface area contributed by atoms with Crippen LogP contribution in [0.5, 0.6) is 0 Å². The fourth-order valence-electron chi connectivity index (χ4n) is 0.495. The molecule has 0 saturated heterocycles. The van der Waals surface area contributed by atoms with Gasteiger partial charge in [0.25, 0.3) is 0 Å². The first-order valence-electron chi connectivity index (χ1n) is 2.89. The number of amides is 1. The monoisotopic (exact) mass is 155 g/mol. The van der Waals surface area contributed by atoms with E-state index in [-0.39, 0.29) is 6.54 Å². The van der Waals surface area contributed by atoms with Crippen LogP contribution in [0.3, 0.4) is 0 Å². The van der Waals surface area contributed by atoms with E-state index in [0.29, 0.717) is 0 Å². The lowest BCUT2D eigenvalue weighted by atomic mass is 10.4. The Morgan fingerprint density at radius 3 is 2.27 bits per heavy atom. The summed E-state index contributed by atoms with van der Waals surface area (Å²) in [5.41, 5.74) is 0. The third-order valence-electron chi connectivity index (χ3n) is 0.984. The van der Waals surface area contributed by atoms with Crippen LogP contribution in [0, 0.1) is 0 Å². The van der Waals surface area contributed by atoms with Gasteiger partial charge in [-0.05, 0) is 6.08 Å². The van der Waals surface area contributed by atoms with Crippen LogP contribution in [-0.4, -0.2) is 28.4 Å². The van der Waals surface area contributed by atoms with Crippen LogP contribution in [0.25, 0.3) is 0 Å². The molecule has 0 aliphatic rings. The lowest BCUT2D eigenvalue weighted by Crippen LogP contribution is -2.29. The highest BCUT2D eigenvalue weighted by molar-refractivity contribution is 5.90. The Morgan fingerprint density at radius 2 is 2.00 bits per heavy atom. The number of carboxylic acid groups (broad SMARTS) is 1. The van der Waals surface area contributed by atoms with Gasteiger partial charge in [0.05, 0.1) is 0 Å². The third-order valence-corrected chi connectivity index (χ3v) is 0.984. The van der Waals surface area contributed by atoms with Crippen molar-refractivity contribution in [2.24, 2.45) is 0 Å². The lowest BCUT2D eigenvalue weighted by Gasteiger charge is -2.11. The van der Waals surface area contributed by atoms with E-state index in [9.17, 15) is 9.59 Å². The van der Waals surface area contributed by atoms with Gasteiger partial charge >= 0.3 is 5.97 Å². The lowest BCUT2D eigenvalue weighted by molar-refractivity contribution is -0.141. The number of carbonyl (C=O) groups excluding carboxylic acids is 1. The van der Waals surface area contributed by atoms with E-state index in [1.54, 1.807) is 0 Å². The average molecular weight is 155 g/mol. The molecule has 0 fully saturated rings. The van der Waals surface area contributed by atoms with Crippen LogP contribution in [0.1, 0.15) is 0 Å². The molecule has 0 saturated carbocycles. The number of hydrogen-bond donors (Lipinski definition) is 1. The minimum absolute atomic E-state index is 0.381. The molecule has 0 aliphatic heterocycles. The van der Waals surface area contributed by atoms with E-state index < -0.39 is 11.9 Å². The number of rotatable bonds is 4. The second-order valence-corrected chi connectivity index (χ2v) is 1.75. The predicted octanol–water partition coefficient (Wildman–Crippen LogP) is 0.229. The summed E-state index contributed by atoms with van der Waals surface area (Å²) in [6.45, 7) is 6.10. The van der Waals surface area contributed by atoms with Gasteiger partial charge in [0.2, 0.25) is 5.91 Å². The second kappa shape index (κ2) is 4.27. The van der Waals surface area contributed by atoms with Crippen molar-refractivity contribution in [2.75, 3.05) is 6.54 Å². The molecular weight excluding hydrogens is 146 g/mol. The summed E-state index contributed by atoms with van der Waals surface area (Å²) in [5.74, 6) is -1.55. The van der Waals surface area contributed by atoms with Gasteiger partial charge in [-0.2, -0.15) is 0 Å². The zero-order valence-electron chi connectivity index (χ0n) is 5.99. The first-order valence-corrected chi connectivity index (χ1v) is 2.89. The fourth-order valence-corrected chi connectivity index (χ4v) is 0.495. The van der Waals surface area contributed by atoms with Crippen molar-refractivity contribution < 1.29 is 14.7 Å². The van der Waals surface area contributed by atoms with Gasteiger partial charge in [-0.15, -0.1) is 0 Å². The quantitative estimate of drug-likeness (QED) is 0.591. The van der Waals surface area contributed by atoms with E-state index >= 15 is 0 Å². The Hall–Kier alpha value is -1.58. The molecule has 0 bridgehead atoms. The predicted molar refractivity (Wildman–Crippen MR) is 39.7 cm³/mol. The van der Waals surface area contributed by atoms with Gasteiger partial charge in [-0.3, -0.25) is 9.59 Å². The number of aliphatic carboxylic acids is 1. The Morgan fingerprint density at radius 1 is 1.45 bits per heavy atom. The summed E-state index contributed by atoms with van der Waals surface area (Å²) in [7, 11) is 0. The maximum Gasteiger partial charge on any atom is 0.323 e. The zero-order chi connectivity index (χ0) is 8.85. The highest BCUT2D eigenvalue weighted by Gasteiger charge is 2.09. The molecule has 1 N–H and O–H groups in total. The molecule has 0 rings (SSSR count). The largest absolute Gasteiger partial charge is 0.480 e.